The fraction of sp³-hybridized carbons (Fsp3) is 0.240. The molecule has 0 bridgehead atoms. The third kappa shape index (κ3) is 4.43. The standard InChI is InChI=1S/C25H26N2O2/c1-4-28-22-13-14-23-24(15-22)27-25(26-23)18(3)20-9-11-21(12-10-20)29-16-19-7-5-17(2)6-8-19/h5-15,18H,4,16H2,1-3H3,(H,26,27). The fourth-order valence-electron chi connectivity index (χ4n) is 3.33. The SMILES string of the molecule is CCOc1ccc2[nH]c(C(C)c3ccc(OCc4ccc(C)cc4)cc3)nc2c1. The summed E-state index contributed by atoms with van der Waals surface area (Å²) >= 11 is 0. The van der Waals surface area contributed by atoms with Crippen LogP contribution in [0.2, 0.25) is 0 Å². The molecule has 0 radical (unpaired) electrons. The summed E-state index contributed by atoms with van der Waals surface area (Å²) in [5, 5.41) is 0. The van der Waals surface area contributed by atoms with Crippen molar-refractivity contribution in [1.29, 1.82) is 0 Å². The molecule has 29 heavy (non-hydrogen) atoms. The van der Waals surface area contributed by atoms with Crippen LogP contribution in [-0.2, 0) is 6.61 Å². The van der Waals surface area contributed by atoms with E-state index in [0.29, 0.717) is 13.2 Å². The van der Waals surface area contributed by atoms with Crippen LogP contribution >= 0.6 is 0 Å². The summed E-state index contributed by atoms with van der Waals surface area (Å²) in [6.45, 7) is 7.45. The number of benzene rings is 3. The van der Waals surface area contributed by atoms with Crippen LogP contribution in [0.15, 0.2) is 66.7 Å². The summed E-state index contributed by atoms with van der Waals surface area (Å²) in [4.78, 5) is 8.20. The molecule has 0 spiro atoms. The highest BCUT2D eigenvalue weighted by atomic mass is 16.5. The number of aromatic amines is 1. The Hall–Kier alpha value is -3.27. The van der Waals surface area contributed by atoms with Gasteiger partial charge < -0.3 is 14.5 Å². The van der Waals surface area contributed by atoms with Gasteiger partial charge in [0.15, 0.2) is 0 Å². The molecule has 148 valence electrons. The molecule has 0 saturated carbocycles. The molecule has 4 rings (SSSR count). The monoisotopic (exact) mass is 386 g/mol. The molecule has 4 nitrogen and oxygen atoms in total. The molecule has 0 aliphatic rings. The summed E-state index contributed by atoms with van der Waals surface area (Å²) < 4.78 is 11.5. The van der Waals surface area contributed by atoms with E-state index >= 15 is 0 Å². The Morgan fingerprint density at radius 2 is 1.62 bits per heavy atom. The van der Waals surface area contributed by atoms with Gasteiger partial charge in [0.2, 0.25) is 0 Å². The second kappa shape index (κ2) is 8.39. The summed E-state index contributed by atoms with van der Waals surface area (Å²) in [6, 6.07) is 22.6. The van der Waals surface area contributed by atoms with E-state index in [1.165, 1.54) is 16.7 Å². The van der Waals surface area contributed by atoms with Gasteiger partial charge in [-0.25, -0.2) is 4.98 Å². The first-order valence-electron chi connectivity index (χ1n) is 10.0. The van der Waals surface area contributed by atoms with Crippen molar-refractivity contribution in [1.82, 2.24) is 9.97 Å². The minimum Gasteiger partial charge on any atom is -0.494 e. The van der Waals surface area contributed by atoms with Gasteiger partial charge >= 0.3 is 0 Å². The number of nitrogens with one attached hydrogen (secondary N) is 1. The van der Waals surface area contributed by atoms with Crippen molar-refractivity contribution in [2.24, 2.45) is 0 Å². The zero-order valence-electron chi connectivity index (χ0n) is 17.1. The molecule has 0 saturated heterocycles. The number of nitrogens with zero attached hydrogens (tertiary/aromatic N) is 1. The average molecular weight is 386 g/mol. The average Bonchev–Trinajstić information content (AvgIpc) is 3.17. The highest BCUT2D eigenvalue weighted by Crippen LogP contribution is 2.27. The Labute approximate surface area is 171 Å². The van der Waals surface area contributed by atoms with E-state index in [1.54, 1.807) is 0 Å². The second-order valence-electron chi connectivity index (χ2n) is 7.30. The lowest BCUT2D eigenvalue weighted by molar-refractivity contribution is 0.306. The summed E-state index contributed by atoms with van der Waals surface area (Å²) in [7, 11) is 0. The number of ether oxygens (including phenoxy) is 2. The molecular formula is C25H26N2O2. The van der Waals surface area contributed by atoms with Crippen molar-refractivity contribution >= 4 is 11.0 Å². The molecule has 1 heterocycles. The van der Waals surface area contributed by atoms with Crippen molar-refractivity contribution in [3.8, 4) is 11.5 Å². The first-order valence-corrected chi connectivity index (χ1v) is 10.0. The van der Waals surface area contributed by atoms with Crippen LogP contribution in [0.25, 0.3) is 11.0 Å². The van der Waals surface area contributed by atoms with E-state index in [4.69, 9.17) is 14.5 Å². The summed E-state index contributed by atoms with van der Waals surface area (Å²) in [5.74, 6) is 2.82. The number of fused-ring (bicyclic) bond motifs is 1. The number of aromatic nitrogens is 2. The van der Waals surface area contributed by atoms with Gasteiger partial charge in [-0.2, -0.15) is 0 Å². The van der Waals surface area contributed by atoms with Crippen LogP contribution < -0.4 is 9.47 Å². The Kier molecular flexibility index (Phi) is 5.52. The third-order valence-corrected chi connectivity index (χ3v) is 5.10. The maximum Gasteiger partial charge on any atom is 0.121 e. The molecule has 0 amide bonds. The van der Waals surface area contributed by atoms with Crippen molar-refractivity contribution < 1.29 is 9.47 Å². The Morgan fingerprint density at radius 1 is 0.897 bits per heavy atom. The van der Waals surface area contributed by atoms with E-state index in [-0.39, 0.29) is 5.92 Å². The molecular weight excluding hydrogens is 360 g/mol. The lowest BCUT2D eigenvalue weighted by Gasteiger charge is -2.11. The Balaban J connectivity index is 1.45. The normalized spacial score (nSPS) is 12.1. The first-order chi connectivity index (χ1) is 14.1. The summed E-state index contributed by atoms with van der Waals surface area (Å²) in [5.41, 5.74) is 5.56. The maximum absolute atomic E-state index is 5.92. The zero-order chi connectivity index (χ0) is 20.2. The predicted molar refractivity (Wildman–Crippen MR) is 117 cm³/mol. The van der Waals surface area contributed by atoms with Crippen LogP contribution in [0, 0.1) is 6.92 Å². The van der Waals surface area contributed by atoms with Crippen LogP contribution in [-0.4, -0.2) is 16.6 Å². The van der Waals surface area contributed by atoms with Crippen molar-refractivity contribution in [3.05, 3.63) is 89.2 Å². The number of aryl methyl sites for hydroxylation is 1. The van der Waals surface area contributed by atoms with E-state index in [9.17, 15) is 0 Å². The Bertz CT molecular complexity index is 1080. The van der Waals surface area contributed by atoms with E-state index in [0.717, 1.165) is 28.4 Å². The van der Waals surface area contributed by atoms with Crippen LogP contribution in [0.5, 0.6) is 11.5 Å². The van der Waals surface area contributed by atoms with Crippen LogP contribution in [0.4, 0.5) is 0 Å². The van der Waals surface area contributed by atoms with Gasteiger partial charge in [0.05, 0.1) is 17.6 Å². The molecule has 3 aromatic carbocycles. The van der Waals surface area contributed by atoms with Gasteiger partial charge in [-0.1, -0.05) is 48.9 Å². The molecule has 0 aliphatic heterocycles. The van der Waals surface area contributed by atoms with Crippen molar-refractivity contribution in [2.45, 2.75) is 33.3 Å². The zero-order valence-corrected chi connectivity index (χ0v) is 17.1. The number of H-pyrrole nitrogens is 1. The minimum absolute atomic E-state index is 0.157. The number of imidazole rings is 1. The lowest BCUT2D eigenvalue weighted by Crippen LogP contribution is -1.99. The molecule has 1 aromatic heterocycles. The number of hydrogen-bond acceptors (Lipinski definition) is 3. The smallest absolute Gasteiger partial charge is 0.121 e. The van der Waals surface area contributed by atoms with Gasteiger partial charge in [-0.3, -0.25) is 0 Å². The fourth-order valence-corrected chi connectivity index (χ4v) is 3.33. The third-order valence-electron chi connectivity index (χ3n) is 5.10. The van der Waals surface area contributed by atoms with Crippen LogP contribution in [0.3, 0.4) is 0 Å². The molecule has 1 atom stereocenters. The number of rotatable bonds is 7. The van der Waals surface area contributed by atoms with Crippen molar-refractivity contribution in [3.63, 3.8) is 0 Å². The second-order valence-corrected chi connectivity index (χ2v) is 7.30. The topological polar surface area (TPSA) is 47.1 Å². The van der Waals surface area contributed by atoms with Gasteiger partial charge in [0.1, 0.15) is 23.9 Å². The van der Waals surface area contributed by atoms with E-state index < -0.39 is 0 Å². The Morgan fingerprint density at radius 3 is 2.34 bits per heavy atom. The quantitative estimate of drug-likeness (QED) is 0.424. The summed E-state index contributed by atoms with van der Waals surface area (Å²) in [6.07, 6.45) is 0. The molecule has 1 N–H and O–H groups in total. The van der Waals surface area contributed by atoms with Gasteiger partial charge in [0.25, 0.3) is 0 Å². The molecule has 4 heteroatoms. The molecule has 0 aliphatic carbocycles. The first kappa shape index (κ1) is 19.1. The number of hydrogen-bond donors (Lipinski definition) is 1. The maximum atomic E-state index is 5.92. The van der Waals surface area contributed by atoms with Crippen molar-refractivity contribution in [2.75, 3.05) is 6.61 Å². The molecule has 0 fully saturated rings. The highest BCUT2D eigenvalue weighted by molar-refractivity contribution is 5.77. The molecule has 1 unspecified atom stereocenters. The highest BCUT2D eigenvalue weighted by Gasteiger charge is 2.14. The van der Waals surface area contributed by atoms with Gasteiger partial charge in [-0.15, -0.1) is 0 Å². The minimum atomic E-state index is 0.157. The largest absolute Gasteiger partial charge is 0.494 e. The lowest BCUT2D eigenvalue weighted by atomic mass is 10.0. The van der Waals surface area contributed by atoms with Crippen LogP contribution in [0.1, 0.15) is 42.3 Å². The van der Waals surface area contributed by atoms with E-state index in [1.807, 2.05) is 37.3 Å². The van der Waals surface area contributed by atoms with Gasteiger partial charge in [-0.05, 0) is 49.2 Å². The predicted octanol–water partition coefficient (Wildman–Crippen LogP) is 6.00. The van der Waals surface area contributed by atoms with E-state index in [2.05, 4.69) is 55.2 Å². The molecule has 4 aromatic rings. The van der Waals surface area contributed by atoms with Gasteiger partial charge in [0, 0.05) is 12.0 Å².